The number of hydrogen-bond donors (Lipinski definition) is 1. The highest BCUT2D eigenvalue weighted by Crippen LogP contribution is 2.39. The van der Waals surface area contributed by atoms with E-state index in [4.69, 9.17) is 11.6 Å². The summed E-state index contributed by atoms with van der Waals surface area (Å²) in [7, 11) is 0. The maximum Gasteiger partial charge on any atom is 0.283 e. The highest BCUT2D eigenvalue weighted by molar-refractivity contribution is 8.04. The predicted molar refractivity (Wildman–Crippen MR) is 128 cm³/mol. The third-order valence-electron chi connectivity index (χ3n) is 5.06. The summed E-state index contributed by atoms with van der Waals surface area (Å²) in [6.45, 7) is 5.79. The predicted octanol–water partition coefficient (Wildman–Crippen LogP) is 6.25. The molecule has 1 N–H and O–H groups in total. The molecular weight excluding hydrogens is 428 g/mol. The number of thioether (sulfide) groups is 1. The van der Waals surface area contributed by atoms with Crippen molar-refractivity contribution in [3.63, 3.8) is 0 Å². The fraction of sp³-hybridized carbons (Fsp3) is 0.120. The van der Waals surface area contributed by atoms with Crippen LogP contribution in [-0.4, -0.2) is 11.8 Å². The second-order valence-electron chi connectivity index (χ2n) is 7.44. The average Bonchev–Trinajstić information content (AvgIpc) is 2.96. The fourth-order valence-electron chi connectivity index (χ4n) is 3.41. The third kappa shape index (κ3) is 4.24. The zero-order chi connectivity index (χ0) is 22.1. The lowest BCUT2D eigenvalue weighted by Gasteiger charge is -2.18. The molecule has 0 aromatic heterocycles. The summed E-state index contributed by atoms with van der Waals surface area (Å²) in [6, 6.07) is 20.7. The van der Waals surface area contributed by atoms with Gasteiger partial charge in [-0.05, 0) is 73.9 Å². The van der Waals surface area contributed by atoms with Crippen molar-refractivity contribution in [2.45, 2.75) is 25.7 Å². The highest BCUT2D eigenvalue weighted by Gasteiger charge is 2.41. The van der Waals surface area contributed by atoms with E-state index >= 15 is 0 Å². The van der Waals surface area contributed by atoms with E-state index < -0.39 is 0 Å². The molecule has 0 saturated carbocycles. The number of halogens is 1. The van der Waals surface area contributed by atoms with E-state index in [2.05, 4.69) is 5.32 Å². The van der Waals surface area contributed by atoms with Gasteiger partial charge < -0.3 is 5.32 Å². The Labute approximate surface area is 190 Å². The molecule has 0 radical (unpaired) electrons. The van der Waals surface area contributed by atoms with E-state index in [0.29, 0.717) is 15.6 Å². The van der Waals surface area contributed by atoms with Gasteiger partial charge in [0.2, 0.25) is 0 Å². The lowest BCUT2D eigenvalue weighted by atomic mass is 10.1. The Bertz CT molecular complexity index is 1220. The Kier molecular flexibility index (Phi) is 5.90. The summed E-state index contributed by atoms with van der Waals surface area (Å²) in [5.41, 5.74) is 4.42. The lowest BCUT2D eigenvalue weighted by molar-refractivity contribution is -0.120. The van der Waals surface area contributed by atoms with Crippen LogP contribution >= 0.6 is 23.4 Å². The van der Waals surface area contributed by atoms with E-state index in [1.54, 1.807) is 18.2 Å². The molecule has 6 heteroatoms. The Morgan fingerprint density at radius 3 is 2.29 bits per heavy atom. The van der Waals surface area contributed by atoms with Crippen molar-refractivity contribution in [3.8, 4) is 0 Å². The van der Waals surface area contributed by atoms with Gasteiger partial charge in [0.15, 0.2) is 0 Å². The first-order chi connectivity index (χ1) is 14.8. The van der Waals surface area contributed by atoms with E-state index in [1.165, 1.54) is 16.7 Å². The molecule has 4 rings (SSSR count). The van der Waals surface area contributed by atoms with Crippen molar-refractivity contribution in [1.82, 2.24) is 0 Å². The highest BCUT2D eigenvalue weighted by atomic mass is 35.5. The van der Waals surface area contributed by atoms with Crippen molar-refractivity contribution in [1.29, 1.82) is 0 Å². The van der Waals surface area contributed by atoms with Crippen molar-refractivity contribution >= 4 is 46.6 Å². The van der Waals surface area contributed by atoms with E-state index in [9.17, 15) is 9.59 Å². The smallest absolute Gasteiger partial charge is 0.283 e. The first-order valence-electron chi connectivity index (χ1n) is 9.81. The van der Waals surface area contributed by atoms with Crippen molar-refractivity contribution in [3.05, 3.63) is 99.0 Å². The van der Waals surface area contributed by atoms with Crippen LogP contribution in [0.1, 0.15) is 16.7 Å². The van der Waals surface area contributed by atoms with Gasteiger partial charge in [0.25, 0.3) is 11.8 Å². The van der Waals surface area contributed by atoms with Gasteiger partial charge in [-0.25, -0.2) is 4.90 Å². The molecular formula is C25H21ClN2O2S. The molecule has 0 atom stereocenters. The topological polar surface area (TPSA) is 49.4 Å². The Morgan fingerprint density at radius 1 is 0.839 bits per heavy atom. The maximum atomic E-state index is 13.5. The number of amides is 2. The molecule has 1 aliphatic heterocycles. The molecule has 0 bridgehead atoms. The monoisotopic (exact) mass is 448 g/mol. The summed E-state index contributed by atoms with van der Waals surface area (Å²) in [6.07, 6.45) is 0. The lowest BCUT2D eigenvalue weighted by Crippen LogP contribution is -2.33. The third-order valence-corrected chi connectivity index (χ3v) is 6.38. The van der Waals surface area contributed by atoms with Crippen LogP contribution in [0, 0.1) is 20.8 Å². The van der Waals surface area contributed by atoms with E-state index in [-0.39, 0.29) is 17.5 Å². The summed E-state index contributed by atoms with van der Waals surface area (Å²) < 4.78 is 0. The minimum Gasteiger partial charge on any atom is -0.350 e. The molecule has 0 saturated heterocycles. The molecule has 0 spiro atoms. The quantitative estimate of drug-likeness (QED) is 0.468. The van der Waals surface area contributed by atoms with Crippen LogP contribution in [0.15, 0.2) is 82.2 Å². The van der Waals surface area contributed by atoms with Gasteiger partial charge in [0, 0.05) is 15.6 Å². The molecule has 156 valence electrons. The minimum absolute atomic E-state index is 0.280. The van der Waals surface area contributed by atoms with Gasteiger partial charge in [0.05, 0.1) is 5.69 Å². The number of benzene rings is 3. The molecule has 3 aromatic rings. The van der Waals surface area contributed by atoms with Crippen LogP contribution in [0.2, 0.25) is 5.02 Å². The Morgan fingerprint density at radius 2 is 1.58 bits per heavy atom. The molecule has 4 nitrogen and oxygen atoms in total. The number of aryl methyl sites for hydroxylation is 3. The minimum atomic E-state index is -0.380. The van der Waals surface area contributed by atoms with Crippen molar-refractivity contribution in [2.24, 2.45) is 0 Å². The molecule has 1 aliphatic rings. The summed E-state index contributed by atoms with van der Waals surface area (Å²) >= 11 is 7.37. The number of carbonyl (C=O) groups excluding carboxylic acids is 2. The fourth-order valence-corrected chi connectivity index (χ4v) is 4.59. The zero-order valence-electron chi connectivity index (χ0n) is 17.4. The van der Waals surface area contributed by atoms with Crippen molar-refractivity contribution in [2.75, 3.05) is 10.2 Å². The number of carbonyl (C=O) groups is 2. The Hall–Kier alpha value is -3.02. The standard InChI is InChI=1S/C25H21ClN2O2S/c1-15-9-10-16(2)20(13-15)27-22-23(31-19-7-5-4-6-8-19)25(30)28(24(22)29)21-12-11-18(26)14-17(21)3/h4-14,27H,1-3H3. The van der Waals surface area contributed by atoms with Gasteiger partial charge in [0.1, 0.15) is 10.6 Å². The normalized spacial score (nSPS) is 13.9. The summed E-state index contributed by atoms with van der Waals surface area (Å²) in [5.74, 6) is -0.730. The zero-order valence-corrected chi connectivity index (χ0v) is 19.0. The van der Waals surface area contributed by atoms with Gasteiger partial charge in [-0.15, -0.1) is 0 Å². The van der Waals surface area contributed by atoms with Crippen LogP contribution in [0.5, 0.6) is 0 Å². The van der Waals surface area contributed by atoms with Crippen LogP contribution in [0.4, 0.5) is 11.4 Å². The van der Waals surface area contributed by atoms with Crippen LogP contribution in [0.3, 0.4) is 0 Å². The number of nitrogens with one attached hydrogen (secondary N) is 1. The summed E-state index contributed by atoms with van der Waals surface area (Å²) in [5, 5.41) is 3.81. The van der Waals surface area contributed by atoms with Crippen LogP contribution in [-0.2, 0) is 9.59 Å². The number of rotatable bonds is 5. The average molecular weight is 449 g/mol. The SMILES string of the molecule is Cc1ccc(C)c(NC2=C(Sc3ccccc3)C(=O)N(c3ccc(Cl)cc3C)C2=O)c1. The second-order valence-corrected chi connectivity index (χ2v) is 8.96. The number of hydrogen-bond acceptors (Lipinski definition) is 4. The molecule has 31 heavy (non-hydrogen) atoms. The molecule has 3 aromatic carbocycles. The molecule has 0 aliphatic carbocycles. The van der Waals surface area contributed by atoms with E-state index in [1.807, 2.05) is 69.3 Å². The molecule has 0 unspecified atom stereocenters. The van der Waals surface area contributed by atoms with Gasteiger partial charge in [-0.1, -0.05) is 53.7 Å². The number of anilines is 2. The second kappa shape index (κ2) is 8.61. The maximum absolute atomic E-state index is 13.5. The van der Waals surface area contributed by atoms with Gasteiger partial charge >= 0.3 is 0 Å². The largest absolute Gasteiger partial charge is 0.350 e. The number of nitrogens with zero attached hydrogens (tertiary/aromatic N) is 1. The van der Waals surface area contributed by atoms with Gasteiger partial charge in [-0.2, -0.15) is 0 Å². The number of imide groups is 1. The Balaban J connectivity index is 1.79. The molecule has 2 amide bonds. The van der Waals surface area contributed by atoms with Crippen molar-refractivity contribution < 1.29 is 9.59 Å². The van der Waals surface area contributed by atoms with Gasteiger partial charge in [-0.3, -0.25) is 9.59 Å². The summed E-state index contributed by atoms with van der Waals surface area (Å²) in [4.78, 5) is 29.4. The first kappa shape index (κ1) is 21.2. The first-order valence-corrected chi connectivity index (χ1v) is 11.0. The molecule has 0 fully saturated rings. The van der Waals surface area contributed by atoms with Crippen LogP contribution < -0.4 is 10.2 Å². The molecule has 1 heterocycles. The van der Waals surface area contributed by atoms with E-state index in [0.717, 1.165) is 27.3 Å². The van der Waals surface area contributed by atoms with Crippen LogP contribution in [0.25, 0.3) is 0 Å².